The number of nitrogens with zero attached hydrogens (tertiary/aromatic N) is 1. The number of benzene rings is 1. The highest BCUT2D eigenvalue weighted by molar-refractivity contribution is 9.10. The van der Waals surface area contributed by atoms with E-state index in [0.29, 0.717) is 10.0 Å². The van der Waals surface area contributed by atoms with Crippen LogP contribution in [0.2, 0.25) is 0 Å². The molecule has 2 N–H and O–H groups in total. The zero-order valence-electron chi connectivity index (χ0n) is 10.4. The molecule has 108 valence electrons. The maximum absolute atomic E-state index is 11.8. The summed E-state index contributed by atoms with van der Waals surface area (Å²) in [4.78, 5) is 24.5. The van der Waals surface area contributed by atoms with Gasteiger partial charge in [0.25, 0.3) is 0 Å². The Hall–Kier alpha value is -1.27. The van der Waals surface area contributed by atoms with E-state index in [2.05, 4.69) is 15.9 Å². The van der Waals surface area contributed by atoms with Crippen molar-refractivity contribution in [3.8, 4) is 5.75 Å². The number of halogens is 2. The fraction of sp³-hybridized carbons (Fsp3) is 0.385. The summed E-state index contributed by atoms with van der Waals surface area (Å²) >= 11 is 9.08. The van der Waals surface area contributed by atoms with Gasteiger partial charge in [0.1, 0.15) is 11.8 Å². The number of alkyl halides is 1. The molecule has 2 rings (SSSR count). The van der Waals surface area contributed by atoms with Crippen molar-refractivity contribution >= 4 is 39.4 Å². The van der Waals surface area contributed by atoms with Crippen LogP contribution in [0.5, 0.6) is 5.75 Å². The van der Waals surface area contributed by atoms with Crippen LogP contribution in [0.4, 0.5) is 0 Å². The first-order valence-corrected chi connectivity index (χ1v) is 7.25. The fourth-order valence-electron chi connectivity index (χ4n) is 2.22. The molecular weight excluding hydrogens is 350 g/mol. The van der Waals surface area contributed by atoms with Crippen molar-refractivity contribution in [3.05, 3.63) is 28.2 Å². The first-order chi connectivity index (χ1) is 9.38. The molecule has 1 aromatic rings. The predicted molar refractivity (Wildman–Crippen MR) is 76.9 cm³/mol. The van der Waals surface area contributed by atoms with E-state index < -0.39 is 12.0 Å². The minimum atomic E-state index is -1.06. The van der Waals surface area contributed by atoms with E-state index in [-0.39, 0.29) is 36.4 Å². The SMILES string of the molecule is O=C(O)[C@H](Cc1ccc(O)c(Br)c1)N1CC(Cl)CC1=O. The van der Waals surface area contributed by atoms with Crippen molar-refractivity contribution in [3.63, 3.8) is 0 Å². The zero-order chi connectivity index (χ0) is 14.9. The summed E-state index contributed by atoms with van der Waals surface area (Å²) in [6.45, 7) is 0.247. The van der Waals surface area contributed by atoms with Gasteiger partial charge in [-0.05, 0) is 33.6 Å². The molecule has 0 aliphatic carbocycles. The molecule has 7 heteroatoms. The minimum Gasteiger partial charge on any atom is -0.507 e. The molecule has 1 aliphatic heterocycles. The average molecular weight is 363 g/mol. The van der Waals surface area contributed by atoms with Gasteiger partial charge in [-0.2, -0.15) is 0 Å². The molecule has 2 atom stereocenters. The second-order valence-corrected chi connectivity index (χ2v) is 6.16. The predicted octanol–water partition coefficient (Wildman–Crippen LogP) is 1.99. The third-order valence-corrected chi connectivity index (χ3v) is 4.14. The van der Waals surface area contributed by atoms with Crippen LogP contribution in [0, 0.1) is 0 Å². The normalized spacial score (nSPS) is 20.2. The smallest absolute Gasteiger partial charge is 0.326 e. The molecule has 0 bridgehead atoms. The molecule has 1 fully saturated rings. The largest absolute Gasteiger partial charge is 0.507 e. The first kappa shape index (κ1) is 15.1. The Balaban J connectivity index is 2.19. The quantitative estimate of drug-likeness (QED) is 0.803. The van der Waals surface area contributed by atoms with Gasteiger partial charge in [0, 0.05) is 19.4 Å². The Labute approximate surface area is 129 Å². The molecule has 1 heterocycles. The molecule has 0 saturated carbocycles. The third kappa shape index (κ3) is 3.24. The van der Waals surface area contributed by atoms with Gasteiger partial charge in [-0.15, -0.1) is 11.6 Å². The molecule has 1 aromatic carbocycles. The van der Waals surface area contributed by atoms with Gasteiger partial charge in [-0.1, -0.05) is 6.07 Å². The van der Waals surface area contributed by atoms with Crippen molar-refractivity contribution < 1.29 is 19.8 Å². The summed E-state index contributed by atoms with van der Waals surface area (Å²) in [5.41, 5.74) is 0.716. The van der Waals surface area contributed by atoms with Gasteiger partial charge in [-0.25, -0.2) is 4.79 Å². The number of aromatic hydroxyl groups is 1. The molecule has 0 radical (unpaired) electrons. The molecule has 1 amide bonds. The number of carboxylic acids is 1. The fourth-order valence-corrected chi connectivity index (χ4v) is 2.93. The Morgan fingerprint density at radius 3 is 2.75 bits per heavy atom. The lowest BCUT2D eigenvalue weighted by Gasteiger charge is -2.24. The van der Waals surface area contributed by atoms with Gasteiger partial charge in [0.05, 0.1) is 9.85 Å². The number of hydrogen-bond acceptors (Lipinski definition) is 3. The Morgan fingerprint density at radius 1 is 1.55 bits per heavy atom. The molecule has 1 aliphatic rings. The monoisotopic (exact) mass is 361 g/mol. The van der Waals surface area contributed by atoms with E-state index in [1.165, 1.54) is 11.0 Å². The number of carbonyl (C=O) groups is 2. The molecule has 0 aromatic heterocycles. The summed E-state index contributed by atoms with van der Waals surface area (Å²) in [5, 5.41) is 18.4. The standard InChI is InChI=1S/C13H13BrClNO4/c14-9-3-7(1-2-11(9)17)4-10(13(19)20)16-6-8(15)5-12(16)18/h1-3,8,10,17H,4-6H2,(H,19,20)/t8?,10-/m0/s1. The van der Waals surface area contributed by atoms with Crippen LogP contribution < -0.4 is 0 Å². The van der Waals surface area contributed by atoms with Gasteiger partial charge >= 0.3 is 5.97 Å². The lowest BCUT2D eigenvalue weighted by atomic mass is 10.0. The number of amides is 1. The Bertz CT molecular complexity index is 551. The van der Waals surface area contributed by atoms with Crippen molar-refractivity contribution in [1.82, 2.24) is 4.90 Å². The van der Waals surface area contributed by atoms with Gasteiger partial charge in [0.2, 0.25) is 5.91 Å². The van der Waals surface area contributed by atoms with E-state index in [1.54, 1.807) is 12.1 Å². The van der Waals surface area contributed by atoms with Crippen LogP contribution in [-0.4, -0.2) is 45.0 Å². The second kappa shape index (κ2) is 6.01. The van der Waals surface area contributed by atoms with Crippen LogP contribution in [0.3, 0.4) is 0 Å². The van der Waals surface area contributed by atoms with Crippen molar-refractivity contribution in [2.24, 2.45) is 0 Å². The number of phenols is 1. The second-order valence-electron chi connectivity index (χ2n) is 4.69. The maximum Gasteiger partial charge on any atom is 0.326 e. The van der Waals surface area contributed by atoms with Gasteiger partial charge < -0.3 is 15.1 Å². The summed E-state index contributed by atoms with van der Waals surface area (Å²) in [7, 11) is 0. The summed E-state index contributed by atoms with van der Waals surface area (Å²) in [6, 6.07) is 3.82. The van der Waals surface area contributed by atoms with E-state index in [4.69, 9.17) is 11.6 Å². The molecular formula is C13H13BrClNO4. The first-order valence-electron chi connectivity index (χ1n) is 6.02. The number of carboxylic acid groups (broad SMARTS) is 1. The number of hydrogen-bond donors (Lipinski definition) is 2. The van der Waals surface area contributed by atoms with E-state index in [9.17, 15) is 19.8 Å². The summed E-state index contributed by atoms with van der Waals surface area (Å²) < 4.78 is 0.488. The number of phenolic OH excluding ortho intramolecular Hbond substituents is 1. The Kier molecular flexibility index (Phi) is 4.55. The van der Waals surface area contributed by atoms with E-state index in [0.717, 1.165) is 0 Å². The van der Waals surface area contributed by atoms with Crippen molar-refractivity contribution in [2.45, 2.75) is 24.3 Å². The van der Waals surface area contributed by atoms with Gasteiger partial charge in [-0.3, -0.25) is 4.79 Å². The van der Waals surface area contributed by atoms with Crippen LogP contribution in [0.1, 0.15) is 12.0 Å². The number of likely N-dealkylation sites (tertiary alicyclic amines) is 1. The molecule has 20 heavy (non-hydrogen) atoms. The van der Waals surface area contributed by atoms with Crippen LogP contribution in [0.15, 0.2) is 22.7 Å². The highest BCUT2D eigenvalue weighted by Crippen LogP contribution is 2.26. The number of rotatable bonds is 4. The average Bonchev–Trinajstić information content (AvgIpc) is 2.69. The lowest BCUT2D eigenvalue weighted by Crippen LogP contribution is -2.43. The lowest BCUT2D eigenvalue weighted by molar-refractivity contribution is -0.148. The van der Waals surface area contributed by atoms with E-state index >= 15 is 0 Å². The number of aliphatic carboxylic acids is 1. The number of carbonyl (C=O) groups excluding carboxylic acids is 1. The van der Waals surface area contributed by atoms with Crippen molar-refractivity contribution in [2.75, 3.05) is 6.54 Å². The third-order valence-electron chi connectivity index (χ3n) is 3.21. The van der Waals surface area contributed by atoms with Crippen LogP contribution in [0.25, 0.3) is 0 Å². The van der Waals surface area contributed by atoms with Crippen LogP contribution in [-0.2, 0) is 16.0 Å². The molecule has 1 saturated heterocycles. The minimum absolute atomic E-state index is 0.0821. The highest BCUT2D eigenvalue weighted by Gasteiger charge is 2.36. The van der Waals surface area contributed by atoms with Crippen molar-refractivity contribution in [1.29, 1.82) is 0 Å². The summed E-state index contributed by atoms with van der Waals surface area (Å²) in [6.07, 6.45) is 0.341. The highest BCUT2D eigenvalue weighted by atomic mass is 79.9. The zero-order valence-corrected chi connectivity index (χ0v) is 12.8. The maximum atomic E-state index is 11.8. The van der Waals surface area contributed by atoms with Crippen LogP contribution >= 0.6 is 27.5 Å². The topological polar surface area (TPSA) is 77.8 Å². The molecule has 1 unspecified atom stereocenters. The van der Waals surface area contributed by atoms with Gasteiger partial charge in [0.15, 0.2) is 0 Å². The van der Waals surface area contributed by atoms with E-state index in [1.807, 2.05) is 0 Å². The summed E-state index contributed by atoms with van der Waals surface area (Å²) in [5.74, 6) is -1.22. The molecule has 0 spiro atoms. The Morgan fingerprint density at radius 2 is 2.25 bits per heavy atom. The molecule has 5 nitrogen and oxygen atoms in total.